The summed E-state index contributed by atoms with van der Waals surface area (Å²) in [6.45, 7) is 0. The molecule has 0 aliphatic carbocycles. The quantitative estimate of drug-likeness (QED) is 0.436. The molecule has 2 heterocycles. The van der Waals surface area contributed by atoms with Crippen molar-refractivity contribution in [1.29, 1.82) is 0 Å². The van der Waals surface area contributed by atoms with Crippen molar-refractivity contribution in [1.82, 2.24) is 14.6 Å². The van der Waals surface area contributed by atoms with Gasteiger partial charge in [-0.25, -0.2) is 9.50 Å². The van der Waals surface area contributed by atoms with E-state index in [0.717, 1.165) is 22.6 Å². The Bertz CT molecular complexity index is 1360. The van der Waals surface area contributed by atoms with Crippen molar-refractivity contribution >= 4 is 27.9 Å². The normalized spacial score (nSPS) is 11.0. The molecule has 0 aliphatic heterocycles. The highest BCUT2D eigenvalue weighted by Crippen LogP contribution is 2.31. The van der Waals surface area contributed by atoms with E-state index in [9.17, 15) is 0 Å². The van der Waals surface area contributed by atoms with E-state index in [1.165, 1.54) is 10.8 Å². The number of aromatic nitrogens is 3. The number of anilines is 2. The third kappa shape index (κ3) is 3.18. The maximum Gasteiger partial charge on any atom is 0.162 e. The number of methoxy groups -OCH3 is 2. The number of benzene rings is 3. The second-order valence-corrected chi connectivity index (χ2v) is 6.89. The highest BCUT2D eigenvalue weighted by Gasteiger charge is 2.10. The highest BCUT2D eigenvalue weighted by atomic mass is 16.5. The van der Waals surface area contributed by atoms with Gasteiger partial charge in [-0.15, -0.1) is 5.10 Å². The molecule has 0 fully saturated rings. The van der Waals surface area contributed by atoms with Gasteiger partial charge in [-0.1, -0.05) is 36.4 Å². The number of imidazole rings is 1. The lowest BCUT2D eigenvalue weighted by molar-refractivity contribution is 0.355. The predicted octanol–water partition coefficient (Wildman–Crippen LogP) is 5.31. The standard InChI is InChI=1S/C24H20N4O2/c1-29-21-10-9-19(14-22(21)30-2)26-23-11-12-24-25-15-20(28(24)27-23)18-8-7-16-5-3-4-6-17(16)13-18/h3-15H,1-2H3,(H,26,27). The number of hydrogen-bond acceptors (Lipinski definition) is 5. The molecule has 1 N–H and O–H groups in total. The van der Waals surface area contributed by atoms with Gasteiger partial charge in [0.05, 0.1) is 26.1 Å². The van der Waals surface area contributed by atoms with E-state index in [1.807, 2.05) is 53.2 Å². The summed E-state index contributed by atoms with van der Waals surface area (Å²) >= 11 is 0. The van der Waals surface area contributed by atoms with Crippen LogP contribution in [0.2, 0.25) is 0 Å². The molecule has 6 heteroatoms. The summed E-state index contributed by atoms with van der Waals surface area (Å²) in [6.07, 6.45) is 1.85. The Morgan fingerprint density at radius 1 is 0.800 bits per heavy atom. The lowest BCUT2D eigenvalue weighted by atomic mass is 10.1. The van der Waals surface area contributed by atoms with Gasteiger partial charge in [-0.2, -0.15) is 0 Å². The van der Waals surface area contributed by atoms with Crippen LogP contribution in [0.25, 0.3) is 27.7 Å². The maximum atomic E-state index is 5.38. The number of rotatable bonds is 5. The molecule has 5 aromatic rings. The Balaban J connectivity index is 1.53. The van der Waals surface area contributed by atoms with Gasteiger partial charge in [0.25, 0.3) is 0 Å². The monoisotopic (exact) mass is 396 g/mol. The first-order valence-electron chi connectivity index (χ1n) is 9.58. The largest absolute Gasteiger partial charge is 0.493 e. The molecule has 0 aliphatic rings. The van der Waals surface area contributed by atoms with Crippen LogP contribution >= 0.6 is 0 Å². The van der Waals surface area contributed by atoms with Crippen LogP contribution in [-0.4, -0.2) is 28.8 Å². The lowest BCUT2D eigenvalue weighted by Crippen LogP contribution is -2.01. The fourth-order valence-corrected chi connectivity index (χ4v) is 3.55. The maximum absolute atomic E-state index is 5.38. The topological polar surface area (TPSA) is 60.7 Å². The van der Waals surface area contributed by atoms with Crippen molar-refractivity contribution in [3.8, 4) is 22.8 Å². The summed E-state index contributed by atoms with van der Waals surface area (Å²) in [6, 6.07) is 24.2. The average molecular weight is 396 g/mol. The molecule has 0 bridgehead atoms. The fourth-order valence-electron chi connectivity index (χ4n) is 3.55. The second kappa shape index (κ2) is 7.40. The van der Waals surface area contributed by atoms with Crippen LogP contribution in [0.4, 0.5) is 11.5 Å². The molecule has 0 saturated carbocycles. The van der Waals surface area contributed by atoms with Crippen molar-refractivity contribution in [2.24, 2.45) is 0 Å². The van der Waals surface area contributed by atoms with Gasteiger partial charge in [0, 0.05) is 17.3 Å². The molecule has 2 aromatic heterocycles. The van der Waals surface area contributed by atoms with Gasteiger partial charge in [-0.3, -0.25) is 0 Å². The molecule has 0 radical (unpaired) electrons. The molecular formula is C24H20N4O2. The van der Waals surface area contributed by atoms with Crippen molar-refractivity contribution in [2.75, 3.05) is 19.5 Å². The number of nitrogens with zero attached hydrogens (tertiary/aromatic N) is 3. The molecular weight excluding hydrogens is 376 g/mol. The van der Waals surface area contributed by atoms with E-state index in [-0.39, 0.29) is 0 Å². The first-order valence-corrected chi connectivity index (χ1v) is 9.58. The van der Waals surface area contributed by atoms with E-state index >= 15 is 0 Å². The van der Waals surface area contributed by atoms with Crippen LogP contribution < -0.4 is 14.8 Å². The summed E-state index contributed by atoms with van der Waals surface area (Å²) in [7, 11) is 3.24. The van der Waals surface area contributed by atoms with E-state index < -0.39 is 0 Å². The van der Waals surface area contributed by atoms with Gasteiger partial charge in [-0.05, 0) is 41.1 Å². The van der Waals surface area contributed by atoms with Crippen LogP contribution in [0.3, 0.4) is 0 Å². The van der Waals surface area contributed by atoms with E-state index in [0.29, 0.717) is 17.3 Å². The summed E-state index contributed by atoms with van der Waals surface area (Å²) in [5.41, 5.74) is 3.64. The first-order chi connectivity index (χ1) is 14.7. The third-order valence-electron chi connectivity index (χ3n) is 5.06. The van der Waals surface area contributed by atoms with Crippen LogP contribution in [-0.2, 0) is 0 Å². The molecule has 0 saturated heterocycles. The number of ether oxygens (including phenoxy) is 2. The van der Waals surface area contributed by atoms with Gasteiger partial charge in [0.15, 0.2) is 23.0 Å². The fraction of sp³-hybridized carbons (Fsp3) is 0.0833. The minimum atomic E-state index is 0.656. The molecule has 0 spiro atoms. The Kier molecular flexibility index (Phi) is 4.44. The molecule has 5 rings (SSSR count). The van der Waals surface area contributed by atoms with Gasteiger partial charge < -0.3 is 14.8 Å². The number of hydrogen-bond donors (Lipinski definition) is 1. The lowest BCUT2D eigenvalue weighted by Gasteiger charge is -2.11. The Morgan fingerprint density at radius 2 is 1.63 bits per heavy atom. The summed E-state index contributed by atoms with van der Waals surface area (Å²) in [4.78, 5) is 4.51. The minimum Gasteiger partial charge on any atom is -0.493 e. The highest BCUT2D eigenvalue weighted by molar-refractivity contribution is 5.87. The SMILES string of the molecule is COc1ccc(Nc2ccc3ncc(-c4ccc5ccccc5c4)n3n2)cc1OC. The van der Waals surface area contributed by atoms with E-state index in [4.69, 9.17) is 14.6 Å². The van der Waals surface area contributed by atoms with E-state index in [1.54, 1.807) is 14.2 Å². The zero-order valence-corrected chi connectivity index (χ0v) is 16.7. The van der Waals surface area contributed by atoms with Gasteiger partial charge in [0.2, 0.25) is 0 Å². The molecule has 3 aromatic carbocycles. The molecule has 30 heavy (non-hydrogen) atoms. The average Bonchev–Trinajstić information content (AvgIpc) is 3.22. The molecule has 148 valence electrons. The molecule has 0 amide bonds. The predicted molar refractivity (Wildman–Crippen MR) is 119 cm³/mol. The van der Waals surface area contributed by atoms with Crippen molar-refractivity contribution in [2.45, 2.75) is 0 Å². The van der Waals surface area contributed by atoms with Gasteiger partial charge in [0.1, 0.15) is 0 Å². The number of fused-ring (bicyclic) bond motifs is 2. The summed E-state index contributed by atoms with van der Waals surface area (Å²) in [5, 5.41) is 10.5. The third-order valence-corrected chi connectivity index (χ3v) is 5.06. The van der Waals surface area contributed by atoms with Crippen LogP contribution in [0.5, 0.6) is 11.5 Å². The van der Waals surface area contributed by atoms with Crippen LogP contribution in [0.1, 0.15) is 0 Å². The van der Waals surface area contributed by atoms with Crippen LogP contribution in [0, 0.1) is 0 Å². The van der Waals surface area contributed by atoms with Crippen molar-refractivity contribution < 1.29 is 9.47 Å². The first kappa shape index (κ1) is 18.0. The Labute approximate surface area is 173 Å². The summed E-state index contributed by atoms with van der Waals surface area (Å²) in [5.74, 6) is 2.04. The molecule has 0 unspecified atom stereocenters. The summed E-state index contributed by atoms with van der Waals surface area (Å²) < 4.78 is 12.5. The molecule has 0 atom stereocenters. The van der Waals surface area contributed by atoms with Crippen molar-refractivity contribution in [3.05, 3.63) is 79.0 Å². The molecule has 6 nitrogen and oxygen atoms in total. The Hall–Kier alpha value is -4.06. The van der Waals surface area contributed by atoms with Crippen molar-refractivity contribution in [3.63, 3.8) is 0 Å². The number of nitrogens with one attached hydrogen (secondary N) is 1. The van der Waals surface area contributed by atoms with Gasteiger partial charge >= 0.3 is 0 Å². The minimum absolute atomic E-state index is 0.656. The Morgan fingerprint density at radius 3 is 2.47 bits per heavy atom. The smallest absolute Gasteiger partial charge is 0.162 e. The zero-order chi connectivity index (χ0) is 20.5. The van der Waals surface area contributed by atoms with Crippen LogP contribution in [0.15, 0.2) is 79.0 Å². The second-order valence-electron chi connectivity index (χ2n) is 6.89. The van der Waals surface area contributed by atoms with E-state index in [2.05, 4.69) is 40.6 Å². The zero-order valence-electron chi connectivity index (χ0n) is 16.7.